The molecule has 0 unspecified atom stereocenters. The Kier molecular flexibility index (Phi) is 4.14. The van der Waals surface area contributed by atoms with Gasteiger partial charge in [-0.3, -0.25) is 15.0 Å². The van der Waals surface area contributed by atoms with E-state index in [4.69, 9.17) is 11.1 Å². The Morgan fingerprint density at radius 2 is 2.20 bits per heavy atom. The third kappa shape index (κ3) is 3.42. The SMILES string of the molecule is CN(Cc1cnn(C)c1)Cc1ccc(F)cc1C(=N)N. The molecule has 1 heterocycles. The highest BCUT2D eigenvalue weighted by molar-refractivity contribution is 5.96. The smallest absolute Gasteiger partial charge is 0.123 e. The van der Waals surface area contributed by atoms with Crippen LogP contribution in [0.15, 0.2) is 30.6 Å². The van der Waals surface area contributed by atoms with Gasteiger partial charge in [0, 0.05) is 37.5 Å². The van der Waals surface area contributed by atoms with Crippen LogP contribution < -0.4 is 5.73 Å². The molecule has 0 fully saturated rings. The van der Waals surface area contributed by atoms with Gasteiger partial charge in [-0.15, -0.1) is 0 Å². The average Bonchev–Trinajstić information content (AvgIpc) is 2.76. The molecule has 0 aliphatic carbocycles. The van der Waals surface area contributed by atoms with Gasteiger partial charge in [-0.2, -0.15) is 5.10 Å². The lowest BCUT2D eigenvalue weighted by Crippen LogP contribution is -2.21. The fraction of sp³-hybridized carbons (Fsp3) is 0.286. The van der Waals surface area contributed by atoms with Crippen LogP contribution in [0.4, 0.5) is 4.39 Å². The van der Waals surface area contributed by atoms with E-state index in [9.17, 15) is 4.39 Å². The molecule has 3 N–H and O–H groups in total. The summed E-state index contributed by atoms with van der Waals surface area (Å²) >= 11 is 0. The summed E-state index contributed by atoms with van der Waals surface area (Å²) in [5.41, 5.74) is 7.88. The van der Waals surface area contributed by atoms with E-state index in [2.05, 4.69) is 10.00 Å². The number of aromatic nitrogens is 2. The lowest BCUT2D eigenvalue weighted by Gasteiger charge is -2.18. The normalized spacial score (nSPS) is 11.0. The first-order valence-electron chi connectivity index (χ1n) is 6.24. The number of benzene rings is 1. The van der Waals surface area contributed by atoms with Crippen molar-refractivity contribution in [1.29, 1.82) is 5.41 Å². The number of halogens is 1. The van der Waals surface area contributed by atoms with E-state index >= 15 is 0 Å². The Labute approximate surface area is 117 Å². The molecule has 106 valence electrons. The van der Waals surface area contributed by atoms with Crippen LogP contribution in [0, 0.1) is 11.2 Å². The lowest BCUT2D eigenvalue weighted by molar-refractivity contribution is 0.318. The number of hydrogen-bond acceptors (Lipinski definition) is 3. The molecular weight excluding hydrogens is 257 g/mol. The maximum absolute atomic E-state index is 13.2. The van der Waals surface area contributed by atoms with Crippen LogP contribution in [0.25, 0.3) is 0 Å². The summed E-state index contributed by atoms with van der Waals surface area (Å²) in [7, 11) is 3.83. The topological polar surface area (TPSA) is 70.9 Å². The fourth-order valence-electron chi connectivity index (χ4n) is 2.15. The largest absolute Gasteiger partial charge is 0.384 e. The Balaban J connectivity index is 2.11. The molecule has 0 aliphatic rings. The molecule has 0 saturated carbocycles. The van der Waals surface area contributed by atoms with Crippen molar-refractivity contribution in [2.75, 3.05) is 7.05 Å². The highest BCUT2D eigenvalue weighted by Crippen LogP contribution is 2.14. The molecule has 0 bridgehead atoms. The van der Waals surface area contributed by atoms with E-state index in [1.165, 1.54) is 12.1 Å². The molecule has 0 amide bonds. The first kappa shape index (κ1) is 14.2. The van der Waals surface area contributed by atoms with Gasteiger partial charge in [-0.05, 0) is 24.7 Å². The molecule has 2 aromatic rings. The molecule has 6 heteroatoms. The predicted molar refractivity (Wildman–Crippen MR) is 75.8 cm³/mol. The molecule has 5 nitrogen and oxygen atoms in total. The molecule has 0 spiro atoms. The first-order valence-corrected chi connectivity index (χ1v) is 6.24. The molecule has 0 atom stereocenters. The lowest BCUT2D eigenvalue weighted by atomic mass is 10.1. The second-order valence-corrected chi connectivity index (χ2v) is 4.91. The summed E-state index contributed by atoms with van der Waals surface area (Å²) in [4.78, 5) is 2.07. The minimum absolute atomic E-state index is 0.116. The van der Waals surface area contributed by atoms with Crippen LogP contribution in [-0.4, -0.2) is 27.6 Å². The van der Waals surface area contributed by atoms with Gasteiger partial charge >= 0.3 is 0 Å². The van der Waals surface area contributed by atoms with Crippen molar-refractivity contribution >= 4 is 5.84 Å². The fourth-order valence-corrected chi connectivity index (χ4v) is 2.15. The van der Waals surface area contributed by atoms with Gasteiger partial charge in [0.25, 0.3) is 0 Å². The number of nitrogen functional groups attached to an aromatic ring is 1. The quantitative estimate of drug-likeness (QED) is 0.641. The van der Waals surface area contributed by atoms with E-state index < -0.39 is 0 Å². The predicted octanol–water partition coefficient (Wildman–Crippen LogP) is 1.48. The van der Waals surface area contributed by atoms with Crippen LogP contribution in [-0.2, 0) is 20.1 Å². The summed E-state index contributed by atoms with van der Waals surface area (Å²) in [6.07, 6.45) is 3.76. The zero-order chi connectivity index (χ0) is 14.7. The zero-order valence-corrected chi connectivity index (χ0v) is 11.6. The van der Waals surface area contributed by atoms with Gasteiger partial charge in [0.2, 0.25) is 0 Å². The van der Waals surface area contributed by atoms with E-state index in [1.54, 1.807) is 10.7 Å². The highest BCUT2D eigenvalue weighted by atomic mass is 19.1. The molecule has 1 aromatic heterocycles. The minimum atomic E-state index is -0.381. The van der Waals surface area contributed by atoms with Crippen LogP contribution in [0.2, 0.25) is 0 Å². The van der Waals surface area contributed by atoms with Crippen molar-refractivity contribution in [1.82, 2.24) is 14.7 Å². The second kappa shape index (κ2) is 5.83. The van der Waals surface area contributed by atoms with E-state index in [0.29, 0.717) is 12.1 Å². The van der Waals surface area contributed by atoms with Crippen molar-refractivity contribution < 1.29 is 4.39 Å². The van der Waals surface area contributed by atoms with Crippen LogP contribution >= 0.6 is 0 Å². The Morgan fingerprint density at radius 1 is 1.45 bits per heavy atom. The number of nitrogens with two attached hydrogens (primary N) is 1. The molecule has 0 radical (unpaired) electrons. The zero-order valence-electron chi connectivity index (χ0n) is 11.6. The molecule has 0 saturated heterocycles. The van der Waals surface area contributed by atoms with Gasteiger partial charge in [0.1, 0.15) is 11.7 Å². The highest BCUT2D eigenvalue weighted by Gasteiger charge is 2.10. The van der Waals surface area contributed by atoms with Gasteiger partial charge in [-0.25, -0.2) is 4.39 Å². The molecule has 2 rings (SSSR count). The minimum Gasteiger partial charge on any atom is -0.384 e. The standard InChI is InChI=1S/C14H18FN5/c1-19(7-10-6-18-20(2)8-10)9-11-3-4-12(15)5-13(11)14(16)17/h3-6,8H,7,9H2,1-2H3,(H3,16,17). The Bertz CT molecular complexity index is 620. The van der Waals surface area contributed by atoms with Gasteiger partial charge in [0.15, 0.2) is 0 Å². The van der Waals surface area contributed by atoms with Crippen LogP contribution in [0.1, 0.15) is 16.7 Å². The van der Waals surface area contributed by atoms with Crippen LogP contribution in [0.3, 0.4) is 0 Å². The number of amidine groups is 1. The van der Waals surface area contributed by atoms with E-state index in [1.807, 2.05) is 26.5 Å². The van der Waals surface area contributed by atoms with Gasteiger partial charge in [0.05, 0.1) is 6.20 Å². The first-order chi connectivity index (χ1) is 9.45. The number of rotatable bonds is 5. The third-order valence-electron chi connectivity index (χ3n) is 3.01. The number of nitrogens with one attached hydrogen (secondary N) is 1. The Hall–Kier alpha value is -2.21. The van der Waals surface area contributed by atoms with Gasteiger partial charge in [-0.1, -0.05) is 6.07 Å². The summed E-state index contributed by atoms with van der Waals surface area (Å²) in [6, 6.07) is 4.36. The van der Waals surface area contributed by atoms with E-state index in [-0.39, 0.29) is 11.7 Å². The summed E-state index contributed by atoms with van der Waals surface area (Å²) in [6.45, 7) is 1.31. The van der Waals surface area contributed by atoms with Crippen molar-refractivity contribution in [2.24, 2.45) is 12.8 Å². The monoisotopic (exact) mass is 275 g/mol. The number of hydrogen-bond donors (Lipinski definition) is 2. The van der Waals surface area contributed by atoms with Crippen LogP contribution in [0.5, 0.6) is 0 Å². The average molecular weight is 275 g/mol. The van der Waals surface area contributed by atoms with Crippen molar-refractivity contribution in [2.45, 2.75) is 13.1 Å². The molecule has 0 aliphatic heterocycles. The number of aryl methyl sites for hydroxylation is 1. The summed E-state index contributed by atoms with van der Waals surface area (Å²) in [5.74, 6) is -0.497. The van der Waals surface area contributed by atoms with Gasteiger partial charge < -0.3 is 5.73 Å². The van der Waals surface area contributed by atoms with Crippen molar-refractivity contribution in [3.63, 3.8) is 0 Å². The molecular formula is C14H18FN5. The maximum atomic E-state index is 13.2. The van der Waals surface area contributed by atoms with E-state index in [0.717, 1.165) is 17.7 Å². The van der Waals surface area contributed by atoms with Crippen molar-refractivity contribution in [3.8, 4) is 0 Å². The number of nitrogens with zero attached hydrogens (tertiary/aromatic N) is 3. The molecule has 1 aromatic carbocycles. The Morgan fingerprint density at radius 3 is 2.80 bits per heavy atom. The van der Waals surface area contributed by atoms with Crippen molar-refractivity contribution in [3.05, 3.63) is 53.1 Å². The maximum Gasteiger partial charge on any atom is 0.123 e. The third-order valence-corrected chi connectivity index (χ3v) is 3.01. The summed E-state index contributed by atoms with van der Waals surface area (Å²) in [5, 5.41) is 11.6. The molecule has 20 heavy (non-hydrogen) atoms. The summed E-state index contributed by atoms with van der Waals surface area (Å²) < 4.78 is 15.0. The second-order valence-electron chi connectivity index (χ2n) is 4.91.